The van der Waals surface area contributed by atoms with Crippen molar-refractivity contribution >= 4 is 38.5 Å². The molecule has 0 N–H and O–H groups in total. The van der Waals surface area contributed by atoms with Crippen LogP contribution in [-0.2, 0) is 26.7 Å². The average molecular weight is 508 g/mol. The van der Waals surface area contributed by atoms with Crippen LogP contribution in [0.3, 0.4) is 0 Å². The Kier molecular flexibility index (Phi) is 6.79. The Morgan fingerprint density at radius 2 is 1.77 bits per heavy atom. The second-order valence-electron chi connectivity index (χ2n) is 8.94. The standard InChI is InChI=1S/C27H29N3O3S2/c1-6-18-30-25(31)23(16-17-24-27(3,4)21-10-8-9-11-22(21)29(24)5)34-26(30)28-35(32,33)20-14-12-19(7-2)13-15-20/h6,8-17H,1,7,18H2,2-5H3/b23-16-,24-17+,28-26?. The number of rotatable bonds is 6. The number of amides is 1. The molecule has 2 aromatic carbocycles. The first-order valence-electron chi connectivity index (χ1n) is 11.4. The van der Waals surface area contributed by atoms with Crippen molar-refractivity contribution in [3.63, 3.8) is 0 Å². The highest BCUT2D eigenvalue weighted by Gasteiger charge is 2.38. The van der Waals surface area contributed by atoms with Crippen LogP contribution in [-0.4, -0.2) is 38.0 Å². The molecule has 1 fully saturated rings. The number of aryl methyl sites for hydroxylation is 1. The van der Waals surface area contributed by atoms with E-state index in [1.807, 2.05) is 32.2 Å². The second-order valence-corrected chi connectivity index (χ2v) is 11.6. The van der Waals surface area contributed by atoms with E-state index in [0.717, 1.165) is 35.1 Å². The average Bonchev–Trinajstić information content (AvgIpc) is 3.22. The van der Waals surface area contributed by atoms with E-state index in [1.165, 1.54) is 10.5 Å². The molecular formula is C27H29N3O3S2. The zero-order chi connectivity index (χ0) is 25.4. The summed E-state index contributed by atoms with van der Waals surface area (Å²) in [7, 11) is -1.96. The highest BCUT2D eigenvalue weighted by molar-refractivity contribution is 8.19. The van der Waals surface area contributed by atoms with E-state index in [9.17, 15) is 13.2 Å². The van der Waals surface area contributed by atoms with E-state index < -0.39 is 10.0 Å². The number of hydrogen-bond donors (Lipinski definition) is 0. The molecule has 2 aliphatic rings. The predicted octanol–water partition coefficient (Wildman–Crippen LogP) is 5.25. The Morgan fingerprint density at radius 1 is 1.09 bits per heavy atom. The molecule has 1 amide bonds. The van der Waals surface area contributed by atoms with Gasteiger partial charge in [0.2, 0.25) is 0 Å². The van der Waals surface area contributed by atoms with Gasteiger partial charge in [-0.3, -0.25) is 9.69 Å². The minimum Gasteiger partial charge on any atom is -0.347 e. The van der Waals surface area contributed by atoms with E-state index in [0.29, 0.717) is 4.91 Å². The number of likely N-dealkylation sites (N-methyl/N-ethyl adjacent to an activating group) is 1. The van der Waals surface area contributed by atoms with Gasteiger partial charge in [-0.2, -0.15) is 8.42 Å². The summed E-state index contributed by atoms with van der Waals surface area (Å²) in [5.41, 5.74) is 4.19. The lowest BCUT2D eigenvalue weighted by molar-refractivity contribution is -0.121. The number of benzene rings is 2. The fraction of sp³-hybridized carbons (Fsp3) is 0.259. The maximum atomic E-state index is 13.1. The topological polar surface area (TPSA) is 70.1 Å². The summed E-state index contributed by atoms with van der Waals surface area (Å²) in [6.45, 7) is 10.2. The molecule has 35 heavy (non-hydrogen) atoms. The van der Waals surface area contributed by atoms with Crippen molar-refractivity contribution < 1.29 is 13.2 Å². The monoisotopic (exact) mass is 507 g/mol. The first-order chi connectivity index (χ1) is 16.6. The van der Waals surface area contributed by atoms with Crippen LogP contribution in [0.4, 0.5) is 5.69 Å². The molecule has 0 saturated carbocycles. The number of fused-ring (bicyclic) bond motifs is 1. The van der Waals surface area contributed by atoms with Crippen LogP contribution in [0.2, 0.25) is 0 Å². The smallest absolute Gasteiger partial charge is 0.284 e. The maximum Gasteiger partial charge on any atom is 0.284 e. The summed E-state index contributed by atoms with van der Waals surface area (Å²) in [6, 6.07) is 14.9. The molecule has 182 valence electrons. The van der Waals surface area contributed by atoms with Crippen LogP contribution in [0.1, 0.15) is 31.9 Å². The van der Waals surface area contributed by atoms with E-state index in [1.54, 1.807) is 36.4 Å². The van der Waals surface area contributed by atoms with Gasteiger partial charge >= 0.3 is 0 Å². The van der Waals surface area contributed by atoms with E-state index in [-0.39, 0.29) is 27.9 Å². The molecule has 0 spiro atoms. The number of carbonyl (C=O) groups is 1. The Hall–Kier alpha value is -3.10. The van der Waals surface area contributed by atoms with Gasteiger partial charge in [-0.15, -0.1) is 11.0 Å². The third kappa shape index (κ3) is 4.60. The van der Waals surface area contributed by atoms with Crippen LogP contribution in [0.15, 0.2) is 93.2 Å². The summed E-state index contributed by atoms with van der Waals surface area (Å²) >= 11 is 1.06. The van der Waals surface area contributed by atoms with Crippen LogP contribution in [0.5, 0.6) is 0 Å². The second kappa shape index (κ2) is 9.51. The summed E-state index contributed by atoms with van der Waals surface area (Å²) < 4.78 is 30.0. The zero-order valence-corrected chi connectivity index (χ0v) is 22.0. The SMILES string of the molecule is C=CCN1C(=O)/C(=C/C=C2/N(C)c3ccccc3C2(C)C)SC1=NS(=O)(=O)c1ccc(CC)cc1. The van der Waals surface area contributed by atoms with Crippen molar-refractivity contribution in [3.05, 3.63) is 95.1 Å². The summed E-state index contributed by atoms with van der Waals surface area (Å²) in [6.07, 6.45) is 6.07. The highest BCUT2D eigenvalue weighted by atomic mass is 32.2. The fourth-order valence-corrected chi connectivity index (χ4v) is 6.52. The summed E-state index contributed by atoms with van der Waals surface area (Å²) in [4.78, 5) is 17.1. The molecule has 2 heterocycles. The van der Waals surface area contributed by atoms with Crippen molar-refractivity contribution in [1.82, 2.24) is 4.90 Å². The third-order valence-electron chi connectivity index (χ3n) is 6.36. The Balaban J connectivity index is 1.68. The Morgan fingerprint density at radius 3 is 2.40 bits per heavy atom. The third-order valence-corrected chi connectivity index (χ3v) is 8.78. The quantitative estimate of drug-likeness (QED) is 0.395. The minimum absolute atomic E-state index is 0.0976. The normalized spacial score (nSPS) is 20.8. The molecule has 1 saturated heterocycles. The van der Waals surface area contributed by atoms with Gasteiger partial charge in [0.05, 0.1) is 9.80 Å². The molecule has 6 nitrogen and oxygen atoms in total. The van der Waals surface area contributed by atoms with Crippen molar-refractivity contribution in [2.75, 3.05) is 18.5 Å². The molecule has 0 atom stereocenters. The van der Waals surface area contributed by atoms with E-state index in [4.69, 9.17) is 0 Å². The predicted molar refractivity (Wildman–Crippen MR) is 144 cm³/mol. The molecule has 2 aromatic rings. The van der Waals surface area contributed by atoms with Gasteiger partial charge < -0.3 is 4.90 Å². The lowest BCUT2D eigenvalue weighted by Crippen LogP contribution is -2.29. The summed E-state index contributed by atoms with van der Waals surface area (Å²) in [5.74, 6) is -0.294. The first-order valence-corrected chi connectivity index (χ1v) is 13.7. The molecule has 0 aromatic heterocycles. The van der Waals surface area contributed by atoms with Crippen molar-refractivity contribution in [1.29, 1.82) is 0 Å². The molecule has 4 rings (SSSR count). The number of anilines is 1. The number of para-hydroxylation sites is 1. The number of hydrogen-bond acceptors (Lipinski definition) is 5. The lowest BCUT2D eigenvalue weighted by atomic mass is 9.84. The number of carbonyl (C=O) groups excluding carboxylic acids is 1. The molecule has 0 bridgehead atoms. The van der Waals surface area contributed by atoms with Gasteiger partial charge in [0.25, 0.3) is 15.9 Å². The lowest BCUT2D eigenvalue weighted by Gasteiger charge is -2.23. The Labute approximate surface area is 211 Å². The van der Waals surface area contributed by atoms with E-state index in [2.05, 4.69) is 41.9 Å². The fourth-order valence-electron chi connectivity index (χ4n) is 4.39. The number of amidine groups is 1. The molecule has 0 radical (unpaired) electrons. The molecule has 8 heteroatoms. The van der Waals surface area contributed by atoms with Crippen LogP contribution >= 0.6 is 11.8 Å². The van der Waals surface area contributed by atoms with Crippen molar-refractivity contribution in [3.8, 4) is 0 Å². The maximum absolute atomic E-state index is 13.1. The number of allylic oxidation sites excluding steroid dienone is 3. The van der Waals surface area contributed by atoms with Gasteiger partial charge in [-0.1, -0.05) is 57.2 Å². The van der Waals surface area contributed by atoms with Gasteiger partial charge in [-0.05, 0) is 59.7 Å². The van der Waals surface area contributed by atoms with Crippen molar-refractivity contribution in [2.24, 2.45) is 4.40 Å². The molecule has 0 aliphatic carbocycles. The first kappa shape index (κ1) is 25.0. The van der Waals surface area contributed by atoms with Gasteiger partial charge in [0, 0.05) is 30.4 Å². The Bertz CT molecular complexity index is 1370. The summed E-state index contributed by atoms with van der Waals surface area (Å²) in [5, 5.41) is 0.126. The largest absolute Gasteiger partial charge is 0.347 e. The van der Waals surface area contributed by atoms with Crippen LogP contribution in [0, 0.1) is 0 Å². The van der Waals surface area contributed by atoms with Gasteiger partial charge in [0.1, 0.15) is 0 Å². The van der Waals surface area contributed by atoms with Crippen molar-refractivity contribution in [2.45, 2.75) is 37.5 Å². The van der Waals surface area contributed by atoms with Gasteiger partial charge in [0.15, 0.2) is 5.17 Å². The number of sulfonamides is 1. The van der Waals surface area contributed by atoms with Crippen LogP contribution in [0.25, 0.3) is 0 Å². The van der Waals surface area contributed by atoms with Crippen LogP contribution < -0.4 is 4.90 Å². The van der Waals surface area contributed by atoms with E-state index >= 15 is 0 Å². The molecular weight excluding hydrogens is 478 g/mol. The zero-order valence-electron chi connectivity index (χ0n) is 20.4. The highest BCUT2D eigenvalue weighted by Crippen LogP contribution is 2.46. The van der Waals surface area contributed by atoms with Gasteiger partial charge in [-0.25, -0.2) is 0 Å². The number of nitrogens with zero attached hydrogens (tertiary/aromatic N) is 3. The minimum atomic E-state index is -3.97. The molecule has 0 unspecified atom stereocenters. The molecule has 2 aliphatic heterocycles. The number of thioether (sulfide) groups is 1.